The van der Waals surface area contributed by atoms with Crippen LogP contribution in [0, 0.1) is 17.8 Å². The van der Waals surface area contributed by atoms with E-state index in [4.69, 9.17) is 11.6 Å². The number of hydrogen-bond donors (Lipinski definition) is 1. The van der Waals surface area contributed by atoms with E-state index >= 15 is 0 Å². The number of nitrogens with one attached hydrogen (secondary N) is 1. The van der Waals surface area contributed by atoms with Crippen LogP contribution in [0.2, 0.25) is 0 Å². The minimum atomic E-state index is -4.13. The minimum absolute atomic E-state index is 0.0504. The van der Waals surface area contributed by atoms with E-state index in [2.05, 4.69) is 5.32 Å². The van der Waals surface area contributed by atoms with Crippen LogP contribution in [0.15, 0.2) is 0 Å². The molecule has 1 rings (SSSR count). The second-order valence-electron chi connectivity index (χ2n) is 5.60. The highest BCUT2D eigenvalue weighted by molar-refractivity contribution is 6.18. The van der Waals surface area contributed by atoms with Crippen LogP contribution in [0.3, 0.4) is 0 Å². The quantitative estimate of drug-likeness (QED) is 0.787. The Bertz CT molecular complexity index is 299. The Morgan fingerprint density at radius 3 is 2.16 bits per heavy atom. The van der Waals surface area contributed by atoms with Crippen molar-refractivity contribution in [2.45, 2.75) is 51.7 Å². The number of alkyl halides is 4. The number of hydrogen-bond acceptors (Lipinski definition) is 1. The third-order valence-electron chi connectivity index (χ3n) is 3.86. The summed E-state index contributed by atoms with van der Waals surface area (Å²) in [7, 11) is 0. The molecule has 0 heterocycles. The van der Waals surface area contributed by atoms with Crippen LogP contribution in [0.25, 0.3) is 0 Å². The number of carbonyl (C=O) groups is 1. The van der Waals surface area contributed by atoms with Crippen molar-refractivity contribution in [2.24, 2.45) is 17.8 Å². The Kier molecular flexibility index (Phi) is 5.96. The first-order chi connectivity index (χ1) is 8.75. The Hall–Kier alpha value is -0.450. The van der Waals surface area contributed by atoms with Gasteiger partial charge in [0.2, 0.25) is 5.91 Å². The zero-order valence-corrected chi connectivity index (χ0v) is 12.0. The van der Waals surface area contributed by atoms with Crippen molar-refractivity contribution in [3.8, 4) is 0 Å². The predicted molar refractivity (Wildman–Crippen MR) is 69.0 cm³/mol. The molecule has 0 bridgehead atoms. The lowest BCUT2D eigenvalue weighted by atomic mass is 9.81. The van der Waals surface area contributed by atoms with Crippen molar-refractivity contribution in [1.82, 2.24) is 5.32 Å². The van der Waals surface area contributed by atoms with Gasteiger partial charge in [-0.05, 0) is 31.6 Å². The van der Waals surface area contributed by atoms with Gasteiger partial charge in [0.1, 0.15) is 0 Å². The van der Waals surface area contributed by atoms with Crippen LogP contribution in [0.5, 0.6) is 0 Å². The fourth-order valence-electron chi connectivity index (χ4n) is 2.37. The van der Waals surface area contributed by atoms with Gasteiger partial charge in [-0.15, -0.1) is 11.6 Å². The van der Waals surface area contributed by atoms with Crippen molar-refractivity contribution in [1.29, 1.82) is 0 Å². The summed E-state index contributed by atoms with van der Waals surface area (Å²) in [6, 6.07) is -0.116. The molecule has 1 fully saturated rings. The third-order valence-corrected chi connectivity index (χ3v) is 4.19. The van der Waals surface area contributed by atoms with Crippen molar-refractivity contribution >= 4 is 17.5 Å². The Balaban J connectivity index is 2.45. The molecule has 0 radical (unpaired) electrons. The molecular weight excluding hydrogens is 279 g/mol. The highest BCUT2D eigenvalue weighted by atomic mass is 35.5. The smallest absolute Gasteiger partial charge is 0.352 e. The molecule has 1 aliphatic rings. The van der Waals surface area contributed by atoms with E-state index in [1.165, 1.54) is 0 Å². The van der Waals surface area contributed by atoms with Crippen LogP contribution < -0.4 is 5.32 Å². The molecule has 1 unspecified atom stereocenters. The highest BCUT2D eigenvalue weighted by Gasteiger charge is 2.42. The summed E-state index contributed by atoms with van der Waals surface area (Å²) in [6.45, 7) is 3.90. The summed E-state index contributed by atoms with van der Waals surface area (Å²) < 4.78 is 37.6. The van der Waals surface area contributed by atoms with E-state index in [1.54, 1.807) is 0 Å². The van der Waals surface area contributed by atoms with Crippen LogP contribution in [0.4, 0.5) is 13.2 Å². The number of halogens is 4. The van der Waals surface area contributed by atoms with Gasteiger partial charge in [0, 0.05) is 17.8 Å². The Morgan fingerprint density at radius 2 is 1.79 bits per heavy atom. The average Bonchev–Trinajstić information content (AvgIpc) is 2.34. The monoisotopic (exact) mass is 299 g/mol. The SMILES string of the molecule is CC(C)C(CCl)NC(=O)C1CCC(C(F)(F)F)CC1. The molecule has 1 N–H and O–H groups in total. The van der Waals surface area contributed by atoms with Crippen LogP contribution in [0.1, 0.15) is 39.5 Å². The average molecular weight is 300 g/mol. The number of rotatable bonds is 4. The summed E-state index contributed by atoms with van der Waals surface area (Å²) in [5, 5.41) is 2.84. The molecule has 0 spiro atoms. The molecule has 0 saturated heterocycles. The van der Waals surface area contributed by atoms with E-state index < -0.39 is 12.1 Å². The van der Waals surface area contributed by atoms with E-state index in [0.717, 1.165) is 0 Å². The topological polar surface area (TPSA) is 29.1 Å². The van der Waals surface area contributed by atoms with Crippen molar-refractivity contribution in [2.75, 3.05) is 5.88 Å². The van der Waals surface area contributed by atoms with Crippen molar-refractivity contribution < 1.29 is 18.0 Å². The third kappa shape index (κ3) is 4.86. The minimum Gasteiger partial charge on any atom is -0.352 e. The summed E-state index contributed by atoms with van der Waals surface area (Å²) in [6.07, 6.45) is -3.41. The van der Waals surface area contributed by atoms with E-state index in [0.29, 0.717) is 18.7 Å². The first-order valence-corrected chi connectivity index (χ1v) is 7.22. The molecule has 6 heteroatoms. The largest absolute Gasteiger partial charge is 0.391 e. The molecule has 1 saturated carbocycles. The number of carbonyl (C=O) groups excluding carboxylic acids is 1. The maximum Gasteiger partial charge on any atom is 0.391 e. The molecule has 0 aromatic rings. The lowest BCUT2D eigenvalue weighted by Crippen LogP contribution is -2.44. The molecule has 1 atom stereocenters. The molecular formula is C13H21ClF3NO. The summed E-state index contributed by atoms with van der Waals surface area (Å²) >= 11 is 5.77. The van der Waals surface area contributed by atoms with Gasteiger partial charge in [0.15, 0.2) is 0 Å². The van der Waals surface area contributed by atoms with E-state index in [9.17, 15) is 18.0 Å². The predicted octanol–water partition coefficient (Wildman–Crippen LogP) is 3.73. The summed E-state index contributed by atoms with van der Waals surface area (Å²) in [5.41, 5.74) is 0. The molecule has 0 aromatic carbocycles. The first-order valence-electron chi connectivity index (χ1n) is 6.68. The van der Waals surface area contributed by atoms with Gasteiger partial charge in [-0.1, -0.05) is 13.8 Å². The zero-order chi connectivity index (χ0) is 14.6. The summed E-state index contributed by atoms with van der Waals surface area (Å²) in [4.78, 5) is 12.0. The van der Waals surface area contributed by atoms with Crippen LogP contribution >= 0.6 is 11.6 Å². The molecule has 1 aliphatic carbocycles. The molecule has 0 aromatic heterocycles. The summed E-state index contributed by atoms with van der Waals surface area (Å²) in [5.74, 6) is -1.16. The molecule has 112 valence electrons. The normalized spacial score (nSPS) is 26.3. The first kappa shape index (κ1) is 16.6. The van der Waals surface area contributed by atoms with Crippen LogP contribution in [-0.2, 0) is 4.79 Å². The Morgan fingerprint density at radius 1 is 1.26 bits per heavy atom. The van der Waals surface area contributed by atoms with Gasteiger partial charge in [0.25, 0.3) is 0 Å². The van der Waals surface area contributed by atoms with Crippen molar-refractivity contribution in [3.05, 3.63) is 0 Å². The zero-order valence-electron chi connectivity index (χ0n) is 11.3. The number of amides is 1. The maximum atomic E-state index is 12.5. The van der Waals surface area contributed by atoms with Gasteiger partial charge in [0.05, 0.1) is 5.92 Å². The van der Waals surface area contributed by atoms with Gasteiger partial charge in [-0.25, -0.2) is 0 Å². The van der Waals surface area contributed by atoms with Crippen LogP contribution in [-0.4, -0.2) is 24.0 Å². The fourth-order valence-corrected chi connectivity index (χ4v) is 2.80. The molecule has 1 amide bonds. The molecule has 19 heavy (non-hydrogen) atoms. The van der Waals surface area contributed by atoms with E-state index in [1.807, 2.05) is 13.8 Å². The highest BCUT2D eigenvalue weighted by Crippen LogP contribution is 2.39. The fraction of sp³-hybridized carbons (Fsp3) is 0.923. The molecule has 2 nitrogen and oxygen atoms in total. The second-order valence-corrected chi connectivity index (χ2v) is 5.91. The van der Waals surface area contributed by atoms with Crippen molar-refractivity contribution in [3.63, 3.8) is 0 Å². The maximum absolute atomic E-state index is 12.5. The second kappa shape index (κ2) is 6.82. The molecule has 0 aliphatic heterocycles. The van der Waals surface area contributed by atoms with Gasteiger partial charge in [-0.2, -0.15) is 13.2 Å². The lowest BCUT2D eigenvalue weighted by Gasteiger charge is -2.30. The van der Waals surface area contributed by atoms with Gasteiger partial charge < -0.3 is 5.32 Å². The van der Waals surface area contributed by atoms with E-state index in [-0.39, 0.29) is 36.6 Å². The van der Waals surface area contributed by atoms with Gasteiger partial charge >= 0.3 is 6.18 Å². The van der Waals surface area contributed by atoms with Gasteiger partial charge in [-0.3, -0.25) is 4.79 Å². The Labute approximate surface area is 117 Å². The standard InChI is InChI=1S/C13H21ClF3NO/c1-8(2)11(7-14)18-12(19)9-3-5-10(6-4-9)13(15,16)17/h8-11H,3-7H2,1-2H3,(H,18,19). The lowest BCUT2D eigenvalue weighted by molar-refractivity contribution is -0.184.